The molecule has 2 rings (SSSR count). The molecule has 1 aromatic rings. The van der Waals surface area contributed by atoms with Gasteiger partial charge in [0, 0.05) is 17.4 Å². The molecule has 20 heavy (non-hydrogen) atoms. The Balaban J connectivity index is 2.22. The van der Waals surface area contributed by atoms with Gasteiger partial charge in [0.1, 0.15) is 5.03 Å². The van der Waals surface area contributed by atoms with E-state index < -0.39 is 0 Å². The van der Waals surface area contributed by atoms with Gasteiger partial charge in [0.25, 0.3) is 0 Å². The van der Waals surface area contributed by atoms with Gasteiger partial charge >= 0.3 is 0 Å². The third-order valence-electron chi connectivity index (χ3n) is 4.29. The lowest BCUT2D eigenvalue weighted by atomic mass is 9.91. The van der Waals surface area contributed by atoms with Crippen LogP contribution >= 0.6 is 11.8 Å². The molecule has 0 bridgehead atoms. The van der Waals surface area contributed by atoms with Gasteiger partial charge < -0.3 is 5.73 Å². The Kier molecular flexibility index (Phi) is 5.85. The molecule has 1 aliphatic carbocycles. The van der Waals surface area contributed by atoms with Crippen LogP contribution in [-0.4, -0.2) is 15.4 Å². The molecule has 112 valence electrons. The Morgan fingerprint density at radius 1 is 1.15 bits per heavy atom. The number of hydrogen-bond donors (Lipinski definition) is 1. The number of rotatable bonds is 5. The van der Waals surface area contributed by atoms with Crippen LogP contribution < -0.4 is 5.73 Å². The minimum absolute atomic E-state index is 0.580. The van der Waals surface area contributed by atoms with Crippen molar-refractivity contribution in [1.29, 1.82) is 0 Å². The lowest BCUT2D eigenvalue weighted by Crippen LogP contribution is -2.17. The zero-order valence-electron chi connectivity index (χ0n) is 13.0. The van der Waals surface area contributed by atoms with Crippen molar-refractivity contribution in [3.8, 4) is 0 Å². The van der Waals surface area contributed by atoms with E-state index in [4.69, 9.17) is 5.73 Å². The van der Waals surface area contributed by atoms with E-state index >= 15 is 0 Å². The first-order chi connectivity index (χ1) is 9.69. The maximum Gasteiger partial charge on any atom is 0.124 e. The Bertz CT molecular complexity index is 448. The van der Waals surface area contributed by atoms with Gasteiger partial charge in [-0.3, -0.25) is 0 Å². The first kappa shape index (κ1) is 15.8. The van der Waals surface area contributed by atoms with Gasteiger partial charge in [-0.25, -0.2) is 0 Å². The molecule has 1 fully saturated rings. The Labute approximate surface area is 127 Å². The summed E-state index contributed by atoms with van der Waals surface area (Å²) in [6.07, 6.45) is 7.26. The average Bonchev–Trinajstić information content (AvgIpc) is 2.46. The summed E-state index contributed by atoms with van der Waals surface area (Å²) < 4.78 is 0. The summed E-state index contributed by atoms with van der Waals surface area (Å²) in [6, 6.07) is 0. The molecule has 3 nitrogen and oxygen atoms in total. The van der Waals surface area contributed by atoms with E-state index in [1.165, 1.54) is 36.8 Å². The zero-order chi connectivity index (χ0) is 14.5. The molecule has 0 aromatic carbocycles. The van der Waals surface area contributed by atoms with Crippen LogP contribution in [0.4, 0.5) is 0 Å². The highest BCUT2D eigenvalue weighted by Gasteiger charge is 2.22. The van der Waals surface area contributed by atoms with E-state index in [9.17, 15) is 0 Å². The monoisotopic (exact) mass is 293 g/mol. The van der Waals surface area contributed by atoms with Crippen molar-refractivity contribution in [3.63, 3.8) is 0 Å². The summed E-state index contributed by atoms with van der Waals surface area (Å²) >= 11 is 1.91. The summed E-state index contributed by atoms with van der Waals surface area (Å²) in [7, 11) is 0. The summed E-state index contributed by atoms with van der Waals surface area (Å²) in [5, 5.41) is 10.7. The molecule has 1 aliphatic rings. The molecule has 4 heteroatoms. The van der Waals surface area contributed by atoms with E-state index in [0.29, 0.717) is 11.8 Å². The summed E-state index contributed by atoms with van der Waals surface area (Å²) in [5.41, 5.74) is 9.69. The molecule has 1 heterocycles. The number of nitrogens with two attached hydrogens (primary N) is 1. The lowest BCUT2D eigenvalue weighted by Gasteiger charge is -2.26. The fourth-order valence-electron chi connectivity index (χ4n) is 3.18. The summed E-state index contributed by atoms with van der Waals surface area (Å²) in [5.74, 6) is 0.844. The fourth-order valence-corrected chi connectivity index (χ4v) is 4.64. The predicted molar refractivity (Wildman–Crippen MR) is 86.0 cm³/mol. The van der Waals surface area contributed by atoms with Crippen molar-refractivity contribution >= 4 is 11.8 Å². The van der Waals surface area contributed by atoms with Crippen molar-refractivity contribution in [1.82, 2.24) is 10.2 Å². The SMILES string of the molecule is CCc1nnc(SC2CCCC(C)C2)c(CN)c1CC. The van der Waals surface area contributed by atoms with Gasteiger partial charge in [0.2, 0.25) is 0 Å². The van der Waals surface area contributed by atoms with Gasteiger partial charge in [0.15, 0.2) is 0 Å². The van der Waals surface area contributed by atoms with Crippen LogP contribution in [0.25, 0.3) is 0 Å². The standard InChI is InChI=1S/C16H27N3S/c1-4-13-14(10-17)16(19-18-15(13)5-2)20-12-8-6-7-11(3)9-12/h11-12H,4-10,17H2,1-3H3. The number of aromatic nitrogens is 2. The first-order valence-electron chi connectivity index (χ1n) is 7.93. The van der Waals surface area contributed by atoms with Crippen molar-refractivity contribution in [2.24, 2.45) is 11.7 Å². The van der Waals surface area contributed by atoms with Gasteiger partial charge in [0.05, 0.1) is 5.69 Å². The third kappa shape index (κ3) is 3.53. The fraction of sp³-hybridized carbons (Fsp3) is 0.750. The number of hydrogen-bond acceptors (Lipinski definition) is 4. The normalized spacial score (nSPS) is 23.0. The van der Waals surface area contributed by atoms with Crippen molar-refractivity contribution < 1.29 is 0 Å². The molecule has 2 unspecified atom stereocenters. The molecule has 0 amide bonds. The highest BCUT2D eigenvalue weighted by molar-refractivity contribution is 7.99. The Hall–Kier alpha value is -0.610. The Morgan fingerprint density at radius 2 is 1.95 bits per heavy atom. The molecule has 0 spiro atoms. The van der Waals surface area contributed by atoms with Gasteiger partial charge in [-0.2, -0.15) is 5.10 Å². The molecule has 0 aliphatic heterocycles. The van der Waals surface area contributed by atoms with Gasteiger partial charge in [-0.1, -0.05) is 33.6 Å². The van der Waals surface area contributed by atoms with E-state index in [0.717, 1.165) is 29.5 Å². The predicted octanol–water partition coefficient (Wildman–Crippen LogP) is 3.73. The maximum absolute atomic E-state index is 6.00. The maximum atomic E-state index is 6.00. The molecule has 0 radical (unpaired) electrons. The first-order valence-corrected chi connectivity index (χ1v) is 8.81. The van der Waals surface area contributed by atoms with Crippen LogP contribution in [0.5, 0.6) is 0 Å². The van der Waals surface area contributed by atoms with Crippen molar-refractivity contribution in [3.05, 3.63) is 16.8 Å². The summed E-state index contributed by atoms with van der Waals surface area (Å²) in [4.78, 5) is 0. The van der Waals surface area contributed by atoms with E-state index in [-0.39, 0.29) is 0 Å². The van der Waals surface area contributed by atoms with Crippen LogP contribution in [0.2, 0.25) is 0 Å². The quantitative estimate of drug-likeness (QED) is 0.898. The van der Waals surface area contributed by atoms with Crippen LogP contribution in [0.1, 0.15) is 63.3 Å². The topological polar surface area (TPSA) is 51.8 Å². The van der Waals surface area contributed by atoms with Crippen molar-refractivity contribution in [2.75, 3.05) is 0 Å². The lowest BCUT2D eigenvalue weighted by molar-refractivity contribution is 0.394. The third-order valence-corrected chi connectivity index (χ3v) is 5.60. The number of thioether (sulfide) groups is 1. The number of nitrogens with zero attached hydrogens (tertiary/aromatic N) is 2. The molecule has 2 atom stereocenters. The van der Waals surface area contributed by atoms with E-state index in [1.54, 1.807) is 0 Å². The molecular weight excluding hydrogens is 266 g/mol. The van der Waals surface area contributed by atoms with Gasteiger partial charge in [-0.15, -0.1) is 16.9 Å². The van der Waals surface area contributed by atoms with E-state index in [1.807, 2.05) is 11.8 Å². The van der Waals surface area contributed by atoms with Gasteiger partial charge in [-0.05, 0) is 37.2 Å². The molecule has 0 saturated heterocycles. The second-order valence-corrected chi connectivity index (χ2v) is 7.12. The molecule has 2 N–H and O–H groups in total. The Morgan fingerprint density at radius 3 is 2.55 bits per heavy atom. The number of aryl methyl sites for hydroxylation is 1. The molecule has 1 saturated carbocycles. The van der Waals surface area contributed by atoms with Crippen LogP contribution in [0.3, 0.4) is 0 Å². The molecule has 1 aromatic heterocycles. The minimum Gasteiger partial charge on any atom is -0.326 e. The van der Waals surface area contributed by atoms with Crippen LogP contribution in [0, 0.1) is 5.92 Å². The van der Waals surface area contributed by atoms with E-state index in [2.05, 4.69) is 31.0 Å². The van der Waals surface area contributed by atoms with Crippen LogP contribution in [-0.2, 0) is 19.4 Å². The minimum atomic E-state index is 0.580. The van der Waals surface area contributed by atoms with Crippen molar-refractivity contribution in [2.45, 2.75) is 76.1 Å². The highest BCUT2D eigenvalue weighted by Crippen LogP contribution is 2.37. The molecular formula is C16H27N3S. The highest BCUT2D eigenvalue weighted by atomic mass is 32.2. The smallest absolute Gasteiger partial charge is 0.124 e. The summed E-state index contributed by atoms with van der Waals surface area (Å²) in [6.45, 7) is 7.27. The average molecular weight is 293 g/mol. The second-order valence-electron chi connectivity index (χ2n) is 5.83. The largest absolute Gasteiger partial charge is 0.326 e. The second kappa shape index (κ2) is 7.41. The zero-order valence-corrected chi connectivity index (χ0v) is 13.8. The van der Waals surface area contributed by atoms with Crippen LogP contribution in [0.15, 0.2) is 5.03 Å².